The van der Waals surface area contributed by atoms with E-state index in [0.29, 0.717) is 62.1 Å². The lowest BCUT2D eigenvalue weighted by molar-refractivity contribution is -0.0337. The summed E-state index contributed by atoms with van der Waals surface area (Å²) in [6.07, 6.45) is 9.58. The minimum absolute atomic E-state index is 0.0224. The molecule has 308 valence electrons. The Morgan fingerprint density at radius 1 is 0.583 bits per heavy atom. The molecule has 0 saturated heterocycles. The number of rotatable bonds is 8. The normalized spacial score (nSPS) is 11.9. The van der Waals surface area contributed by atoms with Gasteiger partial charge in [-0.05, 0) is 79.0 Å². The average molecular weight is 961 g/mol. The molecule has 0 aliphatic carbocycles. The van der Waals surface area contributed by atoms with Crippen molar-refractivity contribution in [3.8, 4) is 5.88 Å². The summed E-state index contributed by atoms with van der Waals surface area (Å²) in [5, 5.41) is 10.5. The molecule has 0 aliphatic heterocycles. The number of pyridine rings is 6. The number of aromatic nitrogens is 6. The lowest BCUT2D eigenvalue weighted by atomic mass is 10.1. The van der Waals surface area contributed by atoms with Crippen LogP contribution in [-0.4, -0.2) is 47.5 Å². The highest BCUT2D eigenvalue weighted by atomic mass is 35.5. The van der Waals surface area contributed by atoms with E-state index in [1.165, 1.54) is 30.5 Å². The lowest BCUT2D eigenvalue weighted by Gasteiger charge is -2.16. The molecule has 0 amide bonds. The third-order valence-electron chi connectivity index (χ3n) is 8.20. The van der Waals surface area contributed by atoms with Gasteiger partial charge in [0.05, 0.1) is 54.5 Å². The summed E-state index contributed by atoms with van der Waals surface area (Å²) in [6, 6.07) is 11.7. The standard InChI is InChI=1S/C20H13Cl2F3N4OS.C18H8Cl3F3N4S/c1-2-30-19-16-11(3-6-27-19)18(28-15-4-5-26-9-12(15)16)29-17-13(21)7-10(8-14(17)22)31-20(23,24)25;19-11-5-8(29-18(22,23)24)6-12(20)15(11)28-17-9-1-4-26-16(21)14(9)10-7-25-3-2-13(10)27-17/h3-9H,2H2,1H3,(H,28,29);1-7H,(H,27,28). The predicted molar refractivity (Wildman–Crippen MR) is 229 cm³/mol. The molecule has 0 radical (unpaired) electrons. The first-order chi connectivity index (χ1) is 28.5. The molecule has 0 atom stereocenters. The van der Waals surface area contributed by atoms with E-state index in [0.717, 1.165) is 5.39 Å². The second kappa shape index (κ2) is 17.8. The Hall–Kier alpha value is -4.49. The molecule has 22 heteroatoms. The number of hydrogen-bond acceptors (Lipinski definition) is 11. The molecular formula is C38H21Cl5F6N8OS2. The molecule has 8 rings (SSSR count). The van der Waals surface area contributed by atoms with Crippen LogP contribution in [0.25, 0.3) is 43.4 Å². The molecule has 0 spiro atoms. The van der Waals surface area contributed by atoms with Gasteiger partial charge in [-0.1, -0.05) is 58.0 Å². The summed E-state index contributed by atoms with van der Waals surface area (Å²) in [7, 11) is 0. The highest BCUT2D eigenvalue weighted by Gasteiger charge is 2.31. The molecule has 0 fully saturated rings. The van der Waals surface area contributed by atoms with Crippen LogP contribution in [0.15, 0.2) is 95.5 Å². The Bertz CT molecular complexity index is 2890. The molecule has 2 N–H and O–H groups in total. The minimum Gasteiger partial charge on any atom is -0.478 e. The maximum absolute atomic E-state index is 12.7. The number of halogens is 11. The third-order valence-corrected chi connectivity index (χ3v) is 11.1. The summed E-state index contributed by atoms with van der Waals surface area (Å²) in [4.78, 5) is 25.6. The SMILES string of the molecule is CCOc1nccc2c(Nc3c(Cl)cc(SC(F)(F)F)cc3Cl)nc3ccncc3c12.FC(F)(F)Sc1cc(Cl)c(Nc2nc3ccncc3c3c(Cl)nccc23)c(Cl)c1. The summed E-state index contributed by atoms with van der Waals surface area (Å²) < 4.78 is 81.7. The number of thioether (sulfide) groups is 2. The molecule has 0 unspecified atom stereocenters. The Labute approximate surface area is 368 Å². The van der Waals surface area contributed by atoms with Gasteiger partial charge in [-0.25, -0.2) is 19.9 Å². The van der Waals surface area contributed by atoms with Crippen LogP contribution in [-0.2, 0) is 0 Å². The largest absolute Gasteiger partial charge is 0.478 e. The summed E-state index contributed by atoms with van der Waals surface area (Å²) in [5.41, 5.74) is -7.21. The number of benzene rings is 2. The van der Waals surface area contributed by atoms with Crippen LogP contribution in [0.1, 0.15) is 6.92 Å². The fourth-order valence-corrected chi connectivity index (χ4v) is 8.83. The lowest BCUT2D eigenvalue weighted by Crippen LogP contribution is -2.02. The van der Waals surface area contributed by atoms with Crippen molar-refractivity contribution in [2.75, 3.05) is 17.2 Å². The van der Waals surface area contributed by atoms with Crippen LogP contribution in [0.2, 0.25) is 25.2 Å². The van der Waals surface area contributed by atoms with Crippen LogP contribution >= 0.6 is 81.5 Å². The van der Waals surface area contributed by atoms with E-state index in [2.05, 4.69) is 40.5 Å². The number of alkyl halides is 6. The topological polar surface area (TPSA) is 111 Å². The molecule has 0 saturated carbocycles. The van der Waals surface area contributed by atoms with E-state index < -0.39 is 11.0 Å². The van der Waals surface area contributed by atoms with Crippen molar-refractivity contribution in [1.82, 2.24) is 29.9 Å². The van der Waals surface area contributed by atoms with Crippen LogP contribution in [0, 0.1) is 0 Å². The van der Waals surface area contributed by atoms with Crippen molar-refractivity contribution in [2.24, 2.45) is 0 Å². The summed E-state index contributed by atoms with van der Waals surface area (Å²) in [5.74, 6) is 1.19. The first kappa shape index (κ1) is 43.6. The van der Waals surface area contributed by atoms with Gasteiger partial charge in [0, 0.05) is 73.9 Å². The molecule has 60 heavy (non-hydrogen) atoms. The number of fused-ring (bicyclic) bond motifs is 6. The minimum atomic E-state index is -4.45. The highest BCUT2D eigenvalue weighted by Crippen LogP contribution is 2.45. The molecule has 2 aromatic carbocycles. The summed E-state index contributed by atoms with van der Waals surface area (Å²) in [6.45, 7) is 2.26. The first-order valence-corrected chi connectivity index (χ1v) is 20.4. The predicted octanol–water partition coefficient (Wildman–Crippen LogP) is 14.7. The van der Waals surface area contributed by atoms with Gasteiger partial charge in [-0.3, -0.25) is 9.97 Å². The zero-order valence-corrected chi connectivity index (χ0v) is 35.3. The van der Waals surface area contributed by atoms with E-state index >= 15 is 0 Å². The number of nitrogens with one attached hydrogen (secondary N) is 2. The summed E-state index contributed by atoms with van der Waals surface area (Å²) >= 11 is 30.7. The van der Waals surface area contributed by atoms with Crippen molar-refractivity contribution in [3.05, 3.63) is 111 Å². The van der Waals surface area contributed by atoms with Gasteiger partial charge in [-0.15, -0.1) is 0 Å². The van der Waals surface area contributed by atoms with E-state index in [4.69, 9.17) is 62.7 Å². The van der Waals surface area contributed by atoms with Gasteiger partial charge in [0.25, 0.3) is 0 Å². The second-order valence-corrected chi connectivity index (χ2v) is 16.3. The fraction of sp³-hybridized carbons (Fsp3) is 0.105. The molecule has 0 aliphatic rings. The van der Waals surface area contributed by atoms with Gasteiger partial charge < -0.3 is 15.4 Å². The Balaban J connectivity index is 0.000000182. The quantitative estimate of drug-likeness (QED) is 0.0657. The van der Waals surface area contributed by atoms with Crippen molar-refractivity contribution in [2.45, 2.75) is 27.7 Å². The van der Waals surface area contributed by atoms with Gasteiger partial charge in [-0.2, -0.15) is 26.3 Å². The van der Waals surface area contributed by atoms with E-state index in [1.54, 1.807) is 55.2 Å². The number of nitrogens with zero attached hydrogens (tertiary/aromatic N) is 6. The monoisotopic (exact) mass is 958 g/mol. The molecular weight excluding hydrogens is 940 g/mol. The average Bonchev–Trinajstić information content (AvgIpc) is 3.17. The van der Waals surface area contributed by atoms with Crippen molar-refractivity contribution < 1.29 is 31.1 Å². The third kappa shape index (κ3) is 9.83. The van der Waals surface area contributed by atoms with E-state index in [-0.39, 0.29) is 69.9 Å². The maximum atomic E-state index is 12.7. The zero-order valence-electron chi connectivity index (χ0n) is 29.9. The van der Waals surface area contributed by atoms with Crippen LogP contribution in [0.3, 0.4) is 0 Å². The molecule has 8 aromatic rings. The molecule has 6 aromatic heterocycles. The Kier molecular flexibility index (Phi) is 13.0. The van der Waals surface area contributed by atoms with E-state index in [1.807, 2.05) is 6.92 Å². The second-order valence-electron chi connectivity index (χ2n) is 12.1. The van der Waals surface area contributed by atoms with Gasteiger partial charge in [0.15, 0.2) is 0 Å². The van der Waals surface area contributed by atoms with E-state index in [9.17, 15) is 26.3 Å². The smallest absolute Gasteiger partial charge is 0.446 e. The van der Waals surface area contributed by atoms with Gasteiger partial charge >= 0.3 is 11.0 Å². The molecule has 9 nitrogen and oxygen atoms in total. The number of anilines is 4. The number of hydrogen-bond donors (Lipinski definition) is 2. The number of ether oxygens (including phenoxy) is 1. The first-order valence-electron chi connectivity index (χ1n) is 16.9. The maximum Gasteiger partial charge on any atom is 0.446 e. The van der Waals surface area contributed by atoms with Crippen molar-refractivity contribution in [1.29, 1.82) is 0 Å². The van der Waals surface area contributed by atoms with Crippen LogP contribution in [0.5, 0.6) is 5.88 Å². The highest BCUT2D eigenvalue weighted by molar-refractivity contribution is 8.00. The van der Waals surface area contributed by atoms with Crippen LogP contribution in [0.4, 0.5) is 49.4 Å². The van der Waals surface area contributed by atoms with Gasteiger partial charge in [0.1, 0.15) is 16.8 Å². The fourth-order valence-electron chi connectivity index (χ4n) is 5.90. The molecule has 6 heterocycles. The molecule has 0 bridgehead atoms. The Morgan fingerprint density at radius 3 is 1.47 bits per heavy atom. The van der Waals surface area contributed by atoms with Crippen LogP contribution < -0.4 is 15.4 Å². The van der Waals surface area contributed by atoms with Crippen molar-refractivity contribution >= 4 is 148 Å². The zero-order chi connectivity index (χ0) is 42.9. The Morgan fingerprint density at radius 2 is 1.02 bits per heavy atom. The van der Waals surface area contributed by atoms with Crippen molar-refractivity contribution in [3.63, 3.8) is 0 Å². The van der Waals surface area contributed by atoms with Gasteiger partial charge in [0.2, 0.25) is 5.88 Å².